The summed E-state index contributed by atoms with van der Waals surface area (Å²) in [6.45, 7) is 5.61. The van der Waals surface area contributed by atoms with Crippen molar-refractivity contribution in [3.8, 4) is 10.4 Å². The summed E-state index contributed by atoms with van der Waals surface area (Å²) in [7, 11) is 1.80. The van der Waals surface area contributed by atoms with E-state index in [1.54, 1.807) is 29.4 Å². The summed E-state index contributed by atoms with van der Waals surface area (Å²) >= 11 is 1.72. The molecule has 0 radical (unpaired) electrons. The fraction of sp³-hybridized carbons (Fsp3) is 0.444. The van der Waals surface area contributed by atoms with E-state index < -0.39 is 17.0 Å². The van der Waals surface area contributed by atoms with E-state index in [2.05, 4.69) is 6.07 Å². The van der Waals surface area contributed by atoms with Crippen LogP contribution >= 0.6 is 11.3 Å². The zero-order valence-corrected chi connectivity index (χ0v) is 21.3. The quantitative estimate of drug-likeness (QED) is 0.480. The highest BCUT2D eigenvalue weighted by Crippen LogP contribution is 2.43. The minimum Gasteiger partial charge on any atom is -0.477 e. The number of carboxylic acid groups (broad SMARTS) is 1. The number of carbonyl (C=O) groups excluding carboxylic acids is 1. The molecule has 2 aliphatic carbocycles. The molecule has 0 spiro atoms. The summed E-state index contributed by atoms with van der Waals surface area (Å²) in [5, 5.41) is 9.93. The Kier molecular flexibility index (Phi) is 5.74. The van der Waals surface area contributed by atoms with Gasteiger partial charge in [-0.15, -0.1) is 11.3 Å². The van der Waals surface area contributed by atoms with Crippen molar-refractivity contribution >= 4 is 34.3 Å². The molecule has 8 heteroatoms. The van der Waals surface area contributed by atoms with Crippen LogP contribution in [0.5, 0.6) is 0 Å². The van der Waals surface area contributed by atoms with Crippen LogP contribution in [0, 0.1) is 0 Å². The minimum atomic E-state index is -1.19. The van der Waals surface area contributed by atoms with Crippen molar-refractivity contribution in [2.45, 2.75) is 70.6 Å². The number of hydrogen-bond acceptors (Lipinski definition) is 5. The van der Waals surface area contributed by atoms with Gasteiger partial charge in [-0.1, -0.05) is 6.07 Å². The predicted octanol–water partition coefficient (Wildman–Crippen LogP) is 6.01. The van der Waals surface area contributed by atoms with Gasteiger partial charge in [0, 0.05) is 34.4 Å². The Bertz CT molecular complexity index is 1390. The van der Waals surface area contributed by atoms with E-state index in [0.29, 0.717) is 5.39 Å². The first-order valence-corrected chi connectivity index (χ1v) is 12.9. The van der Waals surface area contributed by atoms with E-state index in [4.69, 9.17) is 4.74 Å². The van der Waals surface area contributed by atoms with E-state index in [9.17, 15) is 19.5 Å². The van der Waals surface area contributed by atoms with Gasteiger partial charge >= 0.3 is 12.1 Å². The molecular weight excluding hydrogens is 464 g/mol. The number of nitrogens with zero attached hydrogens (tertiary/aromatic N) is 2. The number of aryl methyl sites for hydroxylation is 1. The Morgan fingerprint density at radius 1 is 1.17 bits per heavy atom. The van der Waals surface area contributed by atoms with Gasteiger partial charge in [-0.25, -0.2) is 9.59 Å². The normalized spacial score (nSPS) is 17.8. The summed E-state index contributed by atoms with van der Waals surface area (Å²) in [6, 6.07) is 8.01. The Morgan fingerprint density at radius 2 is 1.91 bits per heavy atom. The third-order valence-electron chi connectivity index (χ3n) is 6.72. The molecule has 1 saturated carbocycles. The second-order valence-electron chi connectivity index (χ2n) is 10.5. The third kappa shape index (κ3) is 4.47. The monoisotopic (exact) mass is 494 g/mol. The molecule has 35 heavy (non-hydrogen) atoms. The molecule has 184 valence electrons. The van der Waals surface area contributed by atoms with Crippen LogP contribution in [0.15, 0.2) is 35.3 Å². The summed E-state index contributed by atoms with van der Waals surface area (Å²) < 4.78 is 7.56. The van der Waals surface area contributed by atoms with E-state index in [1.165, 1.54) is 11.1 Å². The summed E-state index contributed by atoms with van der Waals surface area (Å²) in [5.74, 6) is -1.19. The Balaban J connectivity index is 1.54. The molecule has 5 rings (SSSR count). The second-order valence-corrected chi connectivity index (χ2v) is 11.7. The molecular formula is C27H30N2O5S. The maximum Gasteiger partial charge on any atom is 0.410 e. The topological polar surface area (TPSA) is 88.8 Å². The fourth-order valence-corrected chi connectivity index (χ4v) is 6.10. The smallest absolute Gasteiger partial charge is 0.410 e. The molecule has 7 nitrogen and oxygen atoms in total. The SMILES string of the molecule is CN(C(=O)OC(C)(C)C)C1CCCc2sc(-c3ccc4c(=O)c(C(=O)O)cn(C5CC5)c4c3)cc21. The average Bonchev–Trinajstić information content (AvgIpc) is 3.54. The molecule has 0 aliphatic heterocycles. The lowest BCUT2D eigenvalue weighted by Gasteiger charge is -2.33. The van der Waals surface area contributed by atoms with Crippen molar-refractivity contribution in [2.24, 2.45) is 0 Å². The first-order chi connectivity index (χ1) is 16.5. The van der Waals surface area contributed by atoms with Crippen molar-refractivity contribution < 1.29 is 19.4 Å². The predicted molar refractivity (Wildman–Crippen MR) is 136 cm³/mol. The summed E-state index contributed by atoms with van der Waals surface area (Å²) in [5.41, 5.74) is 1.75. The van der Waals surface area contributed by atoms with E-state index in [-0.39, 0.29) is 23.7 Å². The van der Waals surface area contributed by atoms with Gasteiger partial charge in [0.25, 0.3) is 0 Å². The number of aromatic nitrogens is 1. The number of hydrogen-bond donors (Lipinski definition) is 1. The highest BCUT2D eigenvalue weighted by Gasteiger charge is 2.32. The first kappa shape index (κ1) is 23.6. The number of pyridine rings is 1. The van der Waals surface area contributed by atoms with Crippen molar-refractivity contribution in [1.29, 1.82) is 0 Å². The van der Waals surface area contributed by atoms with Crippen LogP contribution in [-0.4, -0.2) is 39.3 Å². The number of carboxylic acids is 1. The number of thiophene rings is 1. The van der Waals surface area contributed by atoms with Crippen LogP contribution in [-0.2, 0) is 11.2 Å². The number of ether oxygens (including phenoxy) is 1. The molecule has 2 heterocycles. The summed E-state index contributed by atoms with van der Waals surface area (Å²) in [6.07, 6.45) is 6.00. The number of rotatable bonds is 4. The van der Waals surface area contributed by atoms with E-state index >= 15 is 0 Å². The Labute approximate surface area is 207 Å². The van der Waals surface area contributed by atoms with Crippen LogP contribution in [0.2, 0.25) is 0 Å². The first-order valence-electron chi connectivity index (χ1n) is 12.0. The van der Waals surface area contributed by atoms with Crippen LogP contribution in [0.25, 0.3) is 21.3 Å². The zero-order valence-electron chi connectivity index (χ0n) is 20.5. The average molecular weight is 495 g/mol. The van der Waals surface area contributed by atoms with Crippen molar-refractivity contribution in [2.75, 3.05) is 7.05 Å². The van der Waals surface area contributed by atoms with Gasteiger partial charge in [-0.05, 0) is 82.2 Å². The van der Waals surface area contributed by atoms with Gasteiger partial charge in [-0.2, -0.15) is 0 Å². The van der Waals surface area contributed by atoms with E-state index in [1.807, 2.05) is 37.5 Å². The number of fused-ring (bicyclic) bond motifs is 2. The van der Waals surface area contributed by atoms with Crippen molar-refractivity contribution in [3.05, 3.63) is 56.7 Å². The Morgan fingerprint density at radius 3 is 2.57 bits per heavy atom. The molecule has 3 aromatic rings. The standard InChI is InChI=1S/C27H30N2O5S/c1-27(2,3)34-26(33)28(4)20-6-5-7-22-18(20)13-23(35-22)15-8-11-17-21(12-15)29(16-9-10-16)14-19(24(17)30)25(31)32/h8,11-14,16,20H,5-7,9-10H2,1-4H3,(H,31,32). The van der Waals surface area contributed by atoms with Crippen LogP contribution < -0.4 is 5.43 Å². The molecule has 2 aromatic heterocycles. The second kappa shape index (κ2) is 8.52. The number of benzene rings is 1. The number of aromatic carboxylic acids is 1. The van der Waals surface area contributed by atoms with Gasteiger partial charge < -0.3 is 19.3 Å². The molecule has 1 fully saturated rings. The summed E-state index contributed by atoms with van der Waals surface area (Å²) in [4.78, 5) is 41.2. The van der Waals surface area contributed by atoms with Gasteiger partial charge in [-0.3, -0.25) is 4.79 Å². The number of carbonyl (C=O) groups is 2. The van der Waals surface area contributed by atoms with Crippen LogP contribution in [0.1, 0.15) is 79.3 Å². The molecule has 1 unspecified atom stereocenters. The highest BCUT2D eigenvalue weighted by molar-refractivity contribution is 7.15. The molecule has 1 amide bonds. The molecule has 2 aliphatic rings. The lowest BCUT2D eigenvalue weighted by molar-refractivity contribution is 0.0205. The van der Waals surface area contributed by atoms with E-state index in [0.717, 1.165) is 53.6 Å². The molecule has 0 bridgehead atoms. The maximum absolute atomic E-state index is 12.8. The zero-order chi connectivity index (χ0) is 25.1. The minimum absolute atomic E-state index is 0.0400. The van der Waals surface area contributed by atoms with Gasteiger partial charge in [0.05, 0.1) is 11.6 Å². The Hall–Kier alpha value is -3.13. The third-order valence-corrected chi connectivity index (χ3v) is 7.98. The highest BCUT2D eigenvalue weighted by atomic mass is 32.1. The molecule has 1 aromatic carbocycles. The van der Waals surface area contributed by atoms with Gasteiger partial charge in [0.2, 0.25) is 5.43 Å². The maximum atomic E-state index is 12.8. The van der Waals surface area contributed by atoms with Crippen molar-refractivity contribution in [3.63, 3.8) is 0 Å². The fourth-order valence-electron chi connectivity index (χ4n) is 4.85. The van der Waals surface area contributed by atoms with Crippen LogP contribution in [0.4, 0.5) is 4.79 Å². The lowest BCUT2D eigenvalue weighted by atomic mass is 9.92. The number of amides is 1. The van der Waals surface area contributed by atoms with Gasteiger partial charge in [0.15, 0.2) is 0 Å². The molecule has 1 N–H and O–H groups in total. The van der Waals surface area contributed by atoms with Gasteiger partial charge in [0.1, 0.15) is 11.2 Å². The van der Waals surface area contributed by atoms with Crippen LogP contribution in [0.3, 0.4) is 0 Å². The molecule has 1 atom stereocenters. The van der Waals surface area contributed by atoms with Crippen molar-refractivity contribution in [1.82, 2.24) is 9.47 Å². The lowest BCUT2D eigenvalue weighted by Crippen LogP contribution is -2.37. The largest absolute Gasteiger partial charge is 0.477 e. The molecule has 0 saturated heterocycles.